The van der Waals surface area contributed by atoms with Gasteiger partial charge in [-0.05, 0) is 31.1 Å². The number of hydrogen-bond donors (Lipinski definition) is 3. The summed E-state index contributed by atoms with van der Waals surface area (Å²) >= 11 is 0. The molecule has 4 atom stereocenters. The van der Waals surface area contributed by atoms with Crippen LogP contribution in [-0.2, 0) is 9.59 Å². The van der Waals surface area contributed by atoms with Crippen molar-refractivity contribution in [3.63, 3.8) is 0 Å². The molecule has 0 aliphatic heterocycles. The first-order valence-electron chi connectivity index (χ1n) is 7.37. The lowest BCUT2D eigenvalue weighted by atomic mass is 9.84. The normalized spacial score (nSPS) is 30.0. The molecule has 2 fully saturated rings. The summed E-state index contributed by atoms with van der Waals surface area (Å²) in [7, 11) is 3.32. The van der Waals surface area contributed by atoms with Gasteiger partial charge < -0.3 is 20.6 Å². The van der Waals surface area contributed by atoms with Crippen LogP contribution in [-0.4, -0.2) is 54.6 Å². The molecule has 0 aromatic rings. The molecule has 21 heavy (non-hydrogen) atoms. The number of carboxylic acids is 1. The van der Waals surface area contributed by atoms with E-state index in [2.05, 4.69) is 10.6 Å². The Morgan fingerprint density at radius 2 is 1.86 bits per heavy atom. The van der Waals surface area contributed by atoms with Crippen LogP contribution in [0.4, 0.5) is 4.79 Å². The largest absolute Gasteiger partial charge is 0.481 e. The monoisotopic (exact) mass is 297 g/mol. The number of nitrogens with one attached hydrogen (secondary N) is 2. The van der Waals surface area contributed by atoms with Crippen molar-refractivity contribution in [3.8, 4) is 0 Å². The minimum atomic E-state index is -0.824. The summed E-state index contributed by atoms with van der Waals surface area (Å²) < 4.78 is 0. The Kier molecular flexibility index (Phi) is 4.69. The number of carboxylic acid groups (broad SMARTS) is 1. The van der Waals surface area contributed by atoms with Gasteiger partial charge in [0.25, 0.3) is 0 Å². The molecule has 0 radical (unpaired) electrons. The zero-order valence-electron chi connectivity index (χ0n) is 12.5. The molecule has 2 aliphatic rings. The van der Waals surface area contributed by atoms with E-state index in [1.54, 1.807) is 14.1 Å². The van der Waals surface area contributed by atoms with E-state index in [1.165, 1.54) is 4.90 Å². The smallest absolute Gasteiger partial charge is 0.315 e. The quantitative estimate of drug-likeness (QED) is 0.678. The standard InChI is InChI=1S/C14H23N3O4/c1-17(2)10(18)5-6-15-14(21)16-12-9-4-3-8(7-9)11(12)13(19)20/h8-9,11-12H,3-7H2,1-2H3,(H,19,20)(H2,15,16,21). The van der Waals surface area contributed by atoms with Crippen LogP contribution in [0.5, 0.6) is 0 Å². The average molecular weight is 297 g/mol. The van der Waals surface area contributed by atoms with E-state index in [4.69, 9.17) is 0 Å². The summed E-state index contributed by atoms with van der Waals surface area (Å²) in [4.78, 5) is 36.1. The highest BCUT2D eigenvalue weighted by atomic mass is 16.4. The molecule has 0 aromatic carbocycles. The van der Waals surface area contributed by atoms with Crippen molar-refractivity contribution < 1.29 is 19.5 Å². The summed E-state index contributed by atoms with van der Waals surface area (Å²) in [5.74, 6) is -0.898. The third-order valence-electron chi connectivity index (χ3n) is 4.62. The van der Waals surface area contributed by atoms with Crippen LogP contribution in [0.1, 0.15) is 25.7 Å². The van der Waals surface area contributed by atoms with Gasteiger partial charge in [-0.3, -0.25) is 9.59 Å². The fourth-order valence-electron chi connectivity index (χ4n) is 3.56. The number of nitrogens with zero attached hydrogens (tertiary/aromatic N) is 1. The lowest BCUT2D eigenvalue weighted by Crippen LogP contribution is -2.50. The van der Waals surface area contributed by atoms with E-state index >= 15 is 0 Å². The van der Waals surface area contributed by atoms with Gasteiger partial charge in [-0.1, -0.05) is 0 Å². The fourth-order valence-corrected chi connectivity index (χ4v) is 3.56. The lowest BCUT2D eigenvalue weighted by Gasteiger charge is -2.28. The molecule has 2 aliphatic carbocycles. The highest BCUT2D eigenvalue weighted by Gasteiger charge is 2.51. The predicted molar refractivity (Wildman–Crippen MR) is 75.6 cm³/mol. The summed E-state index contributed by atoms with van der Waals surface area (Å²) in [5, 5.41) is 14.7. The SMILES string of the molecule is CN(C)C(=O)CCNC(=O)NC1C2CCC(C2)C1C(=O)O. The number of carbonyl (C=O) groups excluding carboxylic acids is 2. The van der Waals surface area contributed by atoms with Crippen molar-refractivity contribution in [1.82, 2.24) is 15.5 Å². The minimum Gasteiger partial charge on any atom is -0.481 e. The van der Waals surface area contributed by atoms with E-state index in [0.29, 0.717) is 0 Å². The molecule has 3 amide bonds. The number of rotatable bonds is 5. The third kappa shape index (κ3) is 3.46. The van der Waals surface area contributed by atoms with Crippen LogP contribution in [0.3, 0.4) is 0 Å². The van der Waals surface area contributed by atoms with Crippen LogP contribution in [0.2, 0.25) is 0 Å². The van der Waals surface area contributed by atoms with E-state index in [1.807, 2.05) is 0 Å². The third-order valence-corrected chi connectivity index (χ3v) is 4.62. The van der Waals surface area contributed by atoms with Crippen molar-refractivity contribution in [1.29, 1.82) is 0 Å². The summed E-state index contributed by atoms with van der Waals surface area (Å²) in [6, 6.07) is -0.670. The Morgan fingerprint density at radius 1 is 1.19 bits per heavy atom. The maximum Gasteiger partial charge on any atom is 0.315 e. The molecular formula is C14H23N3O4. The van der Waals surface area contributed by atoms with Crippen LogP contribution in [0, 0.1) is 17.8 Å². The maximum absolute atomic E-state index is 11.9. The second-order valence-corrected chi connectivity index (χ2v) is 6.16. The first-order valence-corrected chi connectivity index (χ1v) is 7.37. The second-order valence-electron chi connectivity index (χ2n) is 6.16. The number of amides is 3. The van der Waals surface area contributed by atoms with Crippen LogP contribution < -0.4 is 10.6 Å². The first kappa shape index (κ1) is 15.6. The Balaban J connectivity index is 1.79. The van der Waals surface area contributed by atoms with Gasteiger partial charge in [-0.2, -0.15) is 0 Å². The number of fused-ring (bicyclic) bond motifs is 2. The van der Waals surface area contributed by atoms with Crippen LogP contribution in [0.15, 0.2) is 0 Å². The van der Waals surface area contributed by atoms with Gasteiger partial charge in [0.05, 0.1) is 5.92 Å². The maximum atomic E-state index is 11.9. The Morgan fingerprint density at radius 3 is 2.48 bits per heavy atom. The Hall–Kier alpha value is -1.79. The molecule has 0 saturated heterocycles. The molecule has 2 saturated carbocycles. The number of hydrogen-bond acceptors (Lipinski definition) is 3. The van der Waals surface area contributed by atoms with Gasteiger partial charge in [0.15, 0.2) is 0 Å². The van der Waals surface area contributed by atoms with Gasteiger partial charge in [0.1, 0.15) is 0 Å². The van der Waals surface area contributed by atoms with Gasteiger partial charge in [-0.15, -0.1) is 0 Å². The zero-order valence-corrected chi connectivity index (χ0v) is 12.5. The van der Waals surface area contributed by atoms with Gasteiger partial charge in [0.2, 0.25) is 5.91 Å². The fraction of sp³-hybridized carbons (Fsp3) is 0.786. The topological polar surface area (TPSA) is 98.7 Å². The van der Waals surface area contributed by atoms with Crippen LogP contribution in [0.25, 0.3) is 0 Å². The van der Waals surface area contributed by atoms with E-state index < -0.39 is 11.9 Å². The summed E-state index contributed by atoms with van der Waals surface area (Å²) in [5.41, 5.74) is 0. The van der Waals surface area contributed by atoms with Crippen molar-refractivity contribution in [2.75, 3.05) is 20.6 Å². The zero-order chi connectivity index (χ0) is 15.6. The molecular weight excluding hydrogens is 274 g/mol. The molecule has 4 unspecified atom stereocenters. The summed E-state index contributed by atoms with van der Waals surface area (Å²) in [6.45, 7) is 0.251. The molecule has 118 valence electrons. The van der Waals surface area contributed by atoms with E-state index in [-0.39, 0.29) is 42.8 Å². The van der Waals surface area contributed by atoms with Crippen molar-refractivity contribution in [2.24, 2.45) is 17.8 Å². The number of carbonyl (C=O) groups is 3. The second kappa shape index (κ2) is 6.32. The highest BCUT2D eigenvalue weighted by Crippen LogP contribution is 2.48. The first-order chi connectivity index (χ1) is 9.90. The molecule has 7 nitrogen and oxygen atoms in total. The van der Waals surface area contributed by atoms with Gasteiger partial charge in [0, 0.05) is 33.1 Å². The molecule has 7 heteroatoms. The molecule has 0 aromatic heterocycles. The van der Waals surface area contributed by atoms with Crippen molar-refractivity contribution in [3.05, 3.63) is 0 Å². The number of aliphatic carboxylic acids is 1. The highest BCUT2D eigenvalue weighted by molar-refractivity contribution is 5.79. The van der Waals surface area contributed by atoms with Crippen LogP contribution >= 0.6 is 0 Å². The lowest BCUT2D eigenvalue weighted by molar-refractivity contribution is -0.144. The molecule has 2 rings (SSSR count). The van der Waals surface area contributed by atoms with E-state index in [9.17, 15) is 19.5 Å². The minimum absolute atomic E-state index is 0.0568. The van der Waals surface area contributed by atoms with Gasteiger partial charge >= 0.3 is 12.0 Å². The summed E-state index contributed by atoms with van der Waals surface area (Å²) in [6.07, 6.45) is 3.05. The van der Waals surface area contributed by atoms with Crippen molar-refractivity contribution >= 4 is 17.9 Å². The Bertz CT molecular complexity index is 438. The predicted octanol–water partition coefficient (Wildman–Crippen LogP) is 0.263. The molecule has 2 bridgehead atoms. The van der Waals surface area contributed by atoms with Crippen molar-refractivity contribution in [2.45, 2.75) is 31.7 Å². The molecule has 0 heterocycles. The average Bonchev–Trinajstić information content (AvgIpc) is 2.98. The van der Waals surface area contributed by atoms with Gasteiger partial charge in [-0.25, -0.2) is 4.79 Å². The molecule has 3 N–H and O–H groups in total. The molecule has 0 spiro atoms. The number of urea groups is 1. The van der Waals surface area contributed by atoms with E-state index in [0.717, 1.165) is 19.3 Å². The Labute approximate surface area is 124 Å².